The van der Waals surface area contributed by atoms with Crippen molar-refractivity contribution in [3.8, 4) is 11.4 Å². The molecule has 6 heteroatoms. The highest BCUT2D eigenvalue weighted by Gasteiger charge is 2.26. The number of methoxy groups -OCH3 is 1. The van der Waals surface area contributed by atoms with E-state index in [1.54, 1.807) is 7.11 Å². The van der Waals surface area contributed by atoms with Gasteiger partial charge in [-0.2, -0.15) is 5.10 Å². The van der Waals surface area contributed by atoms with Crippen molar-refractivity contribution < 1.29 is 4.74 Å². The minimum Gasteiger partial charge on any atom is -0.497 e. The molecule has 1 aliphatic rings. The van der Waals surface area contributed by atoms with E-state index in [1.807, 2.05) is 53.5 Å². The molecule has 1 aliphatic carbocycles. The van der Waals surface area contributed by atoms with Crippen LogP contribution in [0, 0.1) is 0 Å². The Bertz CT molecular complexity index is 823. The lowest BCUT2D eigenvalue weighted by Gasteiger charge is -2.05. The molecule has 0 bridgehead atoms. The molecule has 2 aromatic heterocycles. The Morgan fingerprint density at radius 3 is 2.75 bits per heavy atom. The number of hydrogen-bond donors (Lipinski definition) is 1. The molecule has 1 fully saturated rings. The van der Waals surface area contributed by atoms with E-state index in [2.05, 4.69) is 20.4 Å². The van der Waals surface area contributed by atoms with Crippen LogP contribution in [0.2, 0.25) is 0 Å². The predicted octanol–water partition coefficient (Wildman–Crippen LogP) is 3.16. The zero-order valence-electron chi connectivity index (χ0n) is 13.5. The third kappa shape index (κ3) is 3.22. The SMILES string of the molecule is COc1ccc(-n2ccc(CNc3ccnc(C4CC4)n3)n2)cc1. The van der Waals surface area contributed by atoms with Gasteiger partial charge in [-0.1, -0.05) is 0 Å². The third-order valence-electron chi connectivity index (χ3n) is 4.05. The van der Waals surface area contributed by atoms with Gasteiger partial charge in [0.25, 0.3) is 0 Å². The maximum absolute atomic E-state index is 5.18. The predicted molar refractivity (Wildman–Crippen MR) is 91.4 cm³/mol. The first kappa shape index (κ1) is 14.7. The highest BCUT2D eigenvalue weighted by atomic mass is 16.5. The average molecular weight is 321 g/mol. The quantitative estimate of drug-likeness (QED) is 0.755. The lowest BCUT2D eigenvalue weighted by Crippen LogP contribution is -2.05. The van der Waals surface area contributed by atoms with Gasteiger partial charge in [-0.25, -0.2) is 14.6 Å². The van der Waals surface area contributed by atoms with Crippen LogP contribution in [0.3, 0.4) is 0 Å². The normalized spacial score (nSPS) is 13.7. The molecule has 0 atom stereocenters. The Morgan fingerprint density at radius 2 is 2.00 bits per heavy atom. The van der Waals surface area contributed by atoms with Crippen LogP contribution in [-0.4, -0.2) is 26.9 Å². The van der Waals surface area contributed by atoms with Crippen LogP contribution in [0.1, 0.15) is 30.3 Å². The van der Waals surface area contributed by atoms with Gasteiger partial charge in [0.15, 0.2) is 0 Å². The summed E-state index contributed by atoms with van der Waals surface area (Å²) in [6, 6.07) is 11.7. The van der Waals surface area contributed by atoms with E-state index in [0.717, 1.165) is 28.8 Å². The van der Waals surface area contributed by atoms with Gasteiger partial charge in [0.05, 0.1) is 25.0 Å². The van der Waals surface area contributed by atoms with E-state index in [0.29, 0.717) is 12.5 Å². The number of aromatic nitrogens is 4. The van der Waals surface area contributed by atoms with Gasteiger partial charge in [-0.3, -0.25) is 0 Å². The Balaban J connectivity index is 1.42. The van der Waals surface area contributed by atoms with Crippen LogP contribution in [0.5, 0.6) is 5.75 Å². The first-order valence-corrected chi connectivity index (χ1v) is 8.07. The van der Waals surface area contributed by atoms with Crippen molar-refractivity contribution in [1.82, 2.24) is 19.7 Å². The first-order valence-electron chi connectivity index (χ1n) is 8.07. The summed E-state index contributed by atoms with van der Waals surface area (Å²) in [5, 5.41) is 7.91. The van der Waals surface area contributed by atoms with Gasteiger partial charge in [0.1, 0.15) is 17.4 Å². The monoisotopic (exact) mass is 321 g/mol. The summed E-state index contributed by atoms with van der Waals surface area (Å²) in [4.78, 5) is 8.90. The molecule has 2 heterocycles. The first-order chi connectivity index (χ1) is 11.8. The van der Waals surface area contributed by atoms with E-state index in [-0.39, 0.29) is 0 Å². The van der Waals surface area contributed by atoms with Gasteiger partial charge >= 0.3 is 0 Å². The number of nitrogens with one attached hydrogen (secondary N) is 1. The maximum Gasteiger partial charge on any atom is 0.133 e. The van der Waals surface area contributed by atoms with E-state index in [9.17, 15) is 0 Å². The number of hydrogen-bond acceptors (Lipinski definition) is 5. The second-order valence-corrected chi connectivity index (χ2v) is 5.88. The van der Waals surface area contributed by atoms with Crippen molar-refractivity contribution in [3.05, 3.63) is 60.3 Å². The third-order valence-corrected chi connectivity index (χ3v) is 4.05. The fourth-order valence-corrected chi connectivity index (χ4v) is 2.53. The van der Waals surface area contributed by atoms with Crippen molar-refractivity contribution in [2.75, 3.05) is 12.4 Å². The van der Waals surface area contributed by atoms with Crippen LogP contribution in [0.15, 0.2) is 48.8 Å². The number of ether oxygens (including phenoxy) is 1. The second-order valence-electron chi connectivity index (χ2n) is 5.88. The van der Waals surface area contributed by atoms with Gasteiger partial charge < -0.3 is 10.1 Å². The van der Waals surface area contributed by atoms with Crippen LogP contribution in [0.25, 0.3) is 5.69 Å². The molecule has 122 valence electrons. The number of rotatable bonds is 6. The Labute approximate surface area is 140 Å². The number of anilines is 1. The van der Waals surface area contributed by atoms with E-state index in [4.69, 9.17) is 4.74 Å². The average Bonchev–Trinajstić information content (AvgIpc) is 3.39. The highest BCUT2D eigenvalue weighted by Crippen LogP contribution is 2.38. The van der Waals surface area contributed by atoms with E-state index in [1.165, 1.54) is 12.8 Å². The fraction of sp³-hybridized carbons (Fsp3) is 0.278. The van der Waals surface area contributed by atoms with E-state index >= 15 is 0 Å². The summed E-state index contributed by atoms with van der Waals surface area (Å²) >= 11 is 0. The molecular formula is C18H19N5O. The minimum atomic E-state index is 0.557. The minimum absolute atomic E-state index is 0.557. The Hall–Kier alpha value is -2.89. The van der Waals surface area contributed by atoms with Crippen molar-refractivity contribution in [1.29, 1.82) is 0 Å². The van der Waals surface area contributed by atoms with Crippen molar-refractivity contribution in [3.63, 3.8) is 0 Å². The van der Waals surface area contributed by atoms with Crippen LogP contribution in [-0.2, 0) is 6.54 Å². The molecule has 0 unspecified atom stereocenters. The topological polar surface area (TPSA) is 64.9 Å². The zero-order chi connectivity index (χ0) is 16.4. The second kappa shape index (κ2) is 6.31. The molecular weight excluding hydrogens is 302 g/mol. The summed E-state index contributed by atoms with van der Waals surface area (Å²) in [6.45, 7) is 0.629. The largest absolute Gasteiger partial charge is 0.497 e. The molecule has 0 radical (unpaired) electrons. The summed E-state index contributed by atoms with van der Waals surface area (Å²) in [6.07, 6.45) is 6.18. The van der Waals surface area contributed by atoms with Crippen molar-refractivity contribution in [2.45, 2.75) is 25.3 Å². The summed E-state index contributed by atoms with van der Waals surface area (Å²) in [5.41, 5.74) is 1.96. The standard InChI is InChI=1S/C18H19N5O/c1-24-16-6-4-15(5-7-16)23-11-9-14(22-23)12-20-17-8-10-19-18(21-17)13-2-3-13/h4-11,13H,2-3,12H2,1H3,(H,19,20,21). The van der Waals surface area contributed by atoms with Crippen LogP contribution in [0.4, 0.5) is 5.82 Å². The molecule has 0 saturated heterocycles. The van der Waals surface area contributed by atoms with Gasteiger partial charge in [0.2, 0.25) is 0 Å². The van der Waals surface area contributed by atoms with E-state index < -0.39 is 0 Å². The molecule has 1 N–H and O–H groups in total. The molecule has 6 nitrogen and oxygen atoms in total. The molecule has 0 spiro atoms. The molecule has 24 heavy (non-hydrogen) atoms. The fourth-order valence-electron chi connectivity index (χ4n) is 2.53. The molecule has 0 aliphatic heterocycles. The molecule has 4 rings (SSSR count). The zero-order valence-corrected chi connectivity index (χ0v) is 13.5. The smallest absolute Gasteiger partial charge is 0.133 e. The van der Waals surface area contributed by atoms with Crippen molar-refractivity contribution in [2.24, 2.45) is 0 Å². The van der Waals surface area contributed by atoms with Crippen molar-refractivity contribution >= 4 is 5.82 Å². The van der Waals surface area contributed by atoms with Gasteiger partial charge in [-0.15, -0.1) is 0 Å². The van der Waals surface area contributed by atoms with Crippen LogP contribution < -0.4 is 10.1 Å². The molecule has 3 aromatic rings. The Morgan fingerprint density at radius 1 is 1.17 bits per heavy atom. The lowest BCUT2D eigenvalue weighted by molar-refractivity contribution is 0.414. The summed E-state index contributed by atoms with van der Waals surface area (Å²) in [5.74, 6) is 3.19. The summed E-state index contributed by atoms with van der Waals surface area (Å²) in [7, 11) is 1.66. The van der Waals surface area contributed by atoms with Gasteiger partial charge in [-0.05, 0) is 49.2 Å². The number of benzene rings is 1. The number of nitrogens with zero attached hydrogens (tertiary/aromatic N) is 4. The summed E-state index contributed by atoms with van der Waals surface area (Å²) < 4.78 is 7.03. The molecule has 1 saturated carbocycles. The highest BCUT2D eigenvalue weighted by molar-refractivity contribution is 5.38. The van der Waals surface area contributed by atoms with Crippen LogP contribution >= 0.6 is 0 Å². The Kier molecular flexibility index (Phi) is 3.86. The van der Waals surface area contributed by atoms with Gasteiger partial charge in [0, 0.05) is 18.3 Å². The maximum atomic E-state index is 5.18. The molecule has 0 amide bonds. The lowest BCUT2D eigenvalue weighted by atomic mass is 10.3. The molecule has 1 aromatic carbocycles.